The van der Waals surface area contributed by atoms with E-state index in [1.165, 1.54) is 0 Å². The van der Waals surface area contributed by atoms with Crippen molar-refractivity contribution in [2.24, 2.45) is 0 Å². The Hall–Kier alpha value is -2.12. The predicted molar refractivity (Wildman–Crippen MR) is 104 cm³/mol. The maximum Gasteiger partial charge on any atom is 0.281 e. The van der Waals surface area contributed by atoms with Crippen molar-refractivity contribution in [3.05, 3.63) is 68.6 Å². The Morgan fingerprint density at radius 3 is 2.58 bits per heavy atom. The Morgan fingerprint density at radius 2 is 1.88 bits per heavy atom. The van der Waals surface area contributed by atoms with E-state index < -0.39 is 6.43 Å². The standard InChI is InChI=1S/C19H15BrF2N2OS/c1-11-23-18(19(21)22)16(26-11)10-17(25)24-15-5-3-2-4-14(15)12-6-8-13(20)9-7-12/h2-9,19H,10H2,1H3,(H,24,25). The number of rotatable bonds is 5. The molecule has 3 rings (SSSR count). The highest BCUT2D eigenvalue weighted by molar-refractivity contribution is 9.10. The molecule has 1 amide bonds. The molecule has 3 aromatic rings. The van der Waals surface area contributed by atoms with E-state index in [1.807, 2.05) is 42.5 Å². The van der Waals surface area contributed by atoms with Crippen molar-refractivity contribution in [1.29, 1.82) is 0 Å². The molecule has 0 unspecified atom stereocenters. The van der Waals surface area contributed by atoms with Crippen molar-refractivity contribution in [3.8, 4) is 11.1 Å². The van der Waals surface area contributed by atoms with Crippen molar-refractivity contribution >= 4 is 38.9 Å². The maximum atomic E-state index is 13.0. The quantitative estimate of drug-likeness (QED) is 0.532. The number of halogens is 3. The highest BCUT2D eigenvalue weighted by atomic mass is 79.9. The fourth-order valence-electron chi connectivity index (χ4n) is 2.60. The van der Waals surface area contributed by atoms with E-state index in [1.54, 1.807) is 13.0 Å². The van der Waals surface area contributed by atoms with Gasteiger partial charge in [0.05, 0.1) is 11.4 Å². The molecule has 3 nitrogen and oxygen atoms in total. The average molecular weight is 437 g/mol. The molecule has 134 valence electrons. The van der Waals surface area contributed by atoms with Gasteiger partial charge in [0.1, 0.15) is 5.69 Å². The number of anilines is 1. The van der Waals surface area contributed by atoms with Gasteiger partial charge in [0.15, 0.2) is 0 Å². The number of aromatic nitrogens is 1. The molecular formula is C19H15BrF2N2OS. The number of carbonyl (C=O) groups is 1. The lowest BCUT2D eigenvalue weighted by Gasteiger charge is -2.11. The third kappa shape index (κ3) is 4.34. The molecule has 0 spiro atoms. The summed E-state index contributed by atoms with van der Waals surface area (Å²) >= 11 is 4.53. The van der Waals surface area contributed by atoms with Crippen LogP contribution in [0.3, 0.4) is 0 Å². The monoisotopic (exact) mass is 436 g/mol. The summed E-state index contributed by atoms with van der Waals surface area (Å²) < 4.78 is 27.1. The highest BCUT2D eigenvalue weighted by Crippen LogP contribution is 2.30. The second-order valence-electron chi connectivity index (χ2n) is 5.62. The number of thiazole rings is 1. The Balaban J connectivity index is 1.81. The molecule has 0 saturated carbocycles. The van der Waals surface area contributed by atoms with E-state index >= 15 is 0 Å². The van der Waals surface area contributed by atoms with Gasteiger partial charge in [-0.05, 0) is 30.7 Å². The Morgan fingerprint density at radius 1 is 1.19 bits per heavy atom. The number of aryl methyl sites for hydroxylation is 1. The van der Waals surface area contributed by atoms with Gasteiger partial charge in [-0.2, -0.15) is 0 Å². The van der Waals surface area contributed by atoms with Crippen LogP contribution in [0.25, 0.3) is 11.1 Å². The first-order valence-corrected chi connectivity index (χ1v) is 9.44. The molecule has 1 aromatic heterocycles. The minimum atomic E-state index is -2.68. The first-order chi connectivity index (χ1) is 12.4. The Kier molecular flexibility index (Phi) is 5.78. The molecule has 0 radical (unpaired) electrons. The molecule has 26 heavy (non-hydrogen) atoms. The van der Waals surface area contributed by atoms with Crippen LogP contribution in [0.15, 0.2) is 53.0 Å². The number of para-hydroxylation sites is 1. The second kappa shape index (κ2) is 8.05. The van der Waals surface area contributed by atoms with Gasteiger partial charge in [0.2, 0.25) is 5.91 Å². The fraction of sp³-hybridized carbons (Fsp3) is 0.158. The van der Waals surface area contributed by atoms with Gasteiger partial charge in [0.25, 0.3) is 6.43 Å². The third-order valence-corrected chi connectivity index (χ3v) is 5.23. The average Bonchev–Trinajstić information content (AvgIpc) is 2.96. The molecule has 7 heteroatoms. The minimum Gasteiger partial charge on any atom is -0.325 e. The first kappa shape index (κ1) is 18.7. The van der Waals surface area contributed by atoms with Crippen molar-refractivity contribution in [3.63, 3.8) is 0 Å². The number of hydrogen-bond donors (Lipinski definition) is 1. The van der Waals surface area contributed by atoms with Crippen molar-refractivity contribution in [1.82, 2.24) is 4.98 Å². The van der Waals surface area contributed by atoms with Crippen LogP contribution in [-0.2, 0) is 11.2 Å². The number of nitrogens with zero attached hydrogens (tertiary/aromatic N) is 1. The first-order valence-electron chi connectivity index (χ1n) is 7.83. The molecule has 0 aliphatic rings. The second-order valence-corrected chi connectivity index (χ2v) is 7.82. The number of carbonyl (C=O) groups excluding carboxylic acids is 1. The van der Waals surface area contributed by atoms with Crippen LogP contribution >= 0.6 is 27.3 Å². The van der Waals surface area contributed by atoms with E-state index in [0.717, 1.165) is 26.9 Å². The number of hydrogen-bond acceptors (Lipinski definition) is 3. The molecule has 0 bridgehead atoms. The number of amides is 1. The summed E-state index contributed by atoms with van der Waals surface area (Å²) in [6, 6.07) is 15.1. The SMILES string of the molecule is Cc1nc(C(F)F)c(CC(=O)Nc2ccccc2-c2ccc(Br)cc2)s1. The largest absolute Gasteiger partial charge is 0.325 e. The zero-order valence-corrected chi connectivity index (χ0v) is 16.2. The summed E-state index contributed by atoms with van der Waals surface area (Å²) in [7, 11) is 0. The summed E-state index contributed by atoms with van der Waals surface area (Å²) in [6.45, 7) is 1.65. The number of benzene rings is 2. The van der Waals surface area contributed by atoms with E-state index in [4.69, 9.17) is 0 Å². The van der Waals surface area contributed by atoms with Crippen LogP contribution in [0, 0.1) is 6.92 Å². The summed E-state index contributed by atoms with van der Waals surface area (Å²) in [5, 5.41) is 3.36. The third-order valence-electron chi connectivity index (χ3n) is 3.72. The number of nitrogens with one attached hydrogen (secondary N) is 1. The Bertz CT molecular complexity index is 926. The summed E-state index contributed by atoms with van der Waals surface area (Å²) in [6.07, 6.45) is -2.81. The normalized spacial score (nSPS) is 11.0. The molecule has 1 heterocycles. The van der Waals surface area contributed by atoms with Crippen molar-refractivity contribution in [2.45, 2.75) is 19.8 Å². The van der Waals surface area contributed by atoms with Gasteiger partial charge in [-0.25, -0.2) is 13.8 Å². The van der Waals surface area contributed by atoms with Crippen LogP contribution < -0.4 is 5.32 Å². The van der Waals surface area contributed by atoms with Gasteiger partial charge in [0, 0.05) is 20.6 Å². The van der Waals surface area contributed by atoms with E-state index in [2.05, 4.69) is 26.2 Å². The minimum absolute atomic E-state index is 0.125. The van der Waals surface area contributed by atoms with Crippen molar-refractivity contribution < 1.29 is 13.6 Å². The van der Waals surface area contributed by atoms with Gasteiger partial charge >= 0.3 is 0 Å². The van der Waals surface area contributed by atoms with Gasteiger partial charge in [-0.1, -0.05) is 46.3 Å². The lowest BCUT2D eigenvalue weighted by Crippen LogP contribution is -2.15. The lowest BCUT2D eigenvalue weighted by molar-refractivity contribution is -0.115. The van der Waals surface area contributed by atoms with E-state index in [-0.39, 0.29) is 18.0 Å². The molecule has 0 aliphatic carbocycles. The molecule has 0 saturated heterocycles. The van der Waals surface area contributed by atoms with Crippen LogP contribution in [-0.4, -0.2) is 10.9 Å². The molecule has 2 aromatic carbocycles. The molecule has 1 N–H and O–H groups in total. The summed E-state index contributed by atoms with van der Waals surface area (Å²) in [4.78, 5) is 16.5. The van der Waals surface area contributed by atoms with Gasteiger partial charge in [-0.3, -0.25) is 4.79 Å². The zero-order chi connectivity index (χ0) is 18.7. The lowest BCUT2D eigenvalue weighted by atomic mass is 10.0. The summed E-state index contributed by atoms with van der Waals surface area (Å²) in [5.74, 6) is -0.347. The Labute approximate surface area is 162 Å². The smallest absolute Gasteiger partial charge is 0.281 e. The van der Waals surface area contributed by atoms with Crippen LogP contribution in [0.5, 0.6) is 0 Å². The van der Waals surface area contributed by atoms with Crippen molar-refractivity contribution in [2.75, 3.05) is 5.32 Å². The van der Waals surface area contributed by atoms with Gasteiger partial charge < -0.3 is 5.32 Å². The molecule has 0 fully saturated rings. The summed E-state index contributed by atoms with van der Waals surface area (Å²) in [5.41, 5.74) is 2.15. The molecule has 0 aliphatic heterocycles. The zero-order valence-electron chi connectivity index (χ0n) is 13.8. The van der Waals surface area contributed by atoms with Crippen LogP contribution in [0.1, 0.15) is 22.0 Å². The fourth-order valence-corrected chi connectivity index (χ4v) is 3.80. The van der Waals surface area contributed by atoms with E-state index in [9.17, 15) is 13.6 Å². The van der Waals surface area contributed by atoms with Crippen LogP contribution in [0.2, 0.25) is 0 Å². The predicted octanol–water partition coefficient (Wildman–Crippen LogP) is 6.00. The number of alkyl halides is 2. The van der Waals surface area contributed by atoms with E-state index in [0.29, 0.717) is 15.6 Å². The maximum absolute atomic E-state index is 13.0. The highest BCUT2D eigenvalue weighted by Gasteiger charge is 2.20. The van der Waals surface area contributed by atoms with Crippen LogP contribution in [0.4, 0.5) is 14.5 Å². The molecule has 0 atom stereocenters. The molecular weight excluding hydrogens is 422 g/mol. The topological polar surface area (TPSA) is 42.0 Å². The van der Waals surface area contributed by atoms with Gasteiger partial charge in [-0.15, -0.1) is 11.3 Å².